The van der Waals surface area contributed by atoms with Crippen molar-refractivity contribution in [1.82, 2.24) is 10.2 Å². The molecule has 1 amide bonds. The Kier molecular flexibility index (Phi) is 4.53. The van der Waals surface area contributed by atoms with Gasteiger partial charge in [0.05, 0.1) is 5.92 Å². The molecule has 0 aromatic heterocycles. The molecule has 0 heterocycles. The first kappa shape index (κ1) is 16.5. The zero-order valence-electron chi connectivity index (χ0n) is 14.6. The molecule has 0 spiro atoms. The molecule has 2 rings (SSSR count). The Morgan fingerprint density at radius 3 is 2.29 bits per heavy atom. The van der Waals surface area contributed by atoms with Crippen LogP contribution < -0.4 is 5.32 Å². The van der Waals surface area contributed by atoms with Gasteiger partial charge < -0.3 is 10.2 Å². The summed E-state index contributed by atoms with van der Waals surface area (Å²) in [6.07, 6.45) is 7.23. The number of nitrogens with one attached hydrogen (secondary N) is 1. The van der Waals surface area contributed by atoms with E-state index < -0.39 is 0 Å². The Bertz CT molecular complexity index is 426. The van der Waals surface area contributed by atoms with Crippen LogP contribution in [-0.2, 0) is 4.79 Å². The average Bonchev–Trinajstić information content (AvgIpc) is 2.79. The van der Waals surface area contributed by atoms with Crippen molar-refractivity contribution in [3.05, 3.63) is 11.6 Å². The molecule has 0 aromatic carbocycles. The van der Waals surface area contributed by atoms with E-state index in [1.807, 2.05) is 0 Å². The highest BCUT2D eigenvalue weighted by atomic mass is 16.2. The lowest BCUT2D eigenvalue weighted by Crippen LogP contribution is -2.51. The van der Waals surface area contributed by atoms with Gasteiger partial charge in [-0.2, -0.15) is 0 Å². The Labute approximate surface area is 130 Å². The van der Waals surface area contributed by atoms with Gasteiger partial charge in [0, 0.05) is 12.1 Å². The van der Waals surface area contributed by atoms with Crippen LogP contribution in [0.4, 0.5) is 0 Å². The fourth-order valence-electron chi connectivity index (χ4n) is 4.03. The molecular weight excluding hydrogens is 260 g/mol. The van der Waals surface area contributed by atoms with E-state index in [0.29, 0.717) is 5.92 Å². The Hall–Kier alpha value is -0.830. The molecule has 120 valence electrons. The van der Waals surface area contributed by atoms with Gasteiger partial charge in [-0.25, -0.2) is 0 Å². The van der Waals surface area contributed by atoms with Crippen LogP contribution in [0, 0.1) is 17.3 Å². The second kappa shape index (κ2) is 5.75. The fourth-order valence-corrected chi connectivity index (χ4v) is 4.03. The topological polar surface area (TPSA) is 32.3 Å². The van der Waals surface area contributed by atoms with E-state index in [1.165, 1.54) is 31.3 Å². The number of amides is 1. The molecule has 0 radical (unpaired) electrons. The van der Waals surface area contributed by atoms with Gasteiger partial charge in [0.2, 0.25) is 5.91 Å². The van der Waals surface area contributed by atoms with Crippen LogP contribution in [0.2, 0.25) is 0 Å². The number of likely N-dealkylation sites (N-methyl/N-ethyl adjacent to an activating group) is 1. The minimum absolute atomic E-state index is 0.113. The monoisotopic (exact) mass is 292 g/mol. The standard InChI is InChI=1S/C18H32N2O/c1-13(2)11-14-15(17(14,3)4)16(21)19-12-18(20(5)6)9-7-8-10-18/h11,14-15H,7-10,12H2,1-6H3,(H,19,21)/t14-,15+/m1/s1. The molecule has 2 aliphatic rings. The number of rotatable bonds is 5. The second-order valence-electron chi connectivity index (χ2n) is 8.11. The molecule has 2 saturated carbocycles. The zero-order chi connectivity index (χ0) is 15.8. The molecule has 0 aliphatic heterocycles. The van der Waals surface area contributed by atoms with Gasteiger partial charge in [0.15, 0.2) is 0 Å². The molecular formula is C18H32N2O. The maximum absolute atomic E-state index is 12.6. The van der Waals surface area contributed by atoms with E-state index in [-0.39, 0.29) is 22.8 Å². The van der Waals surface area contributed by atoms with E-state index in [9.17, 15) is 4.79 Å². The quantitative estimate of drug-likeness (QED) is 0.789. The third-order valence-corrected chi connectivity index (χ3v) is 5.78. The number of carbonyl (C=O) groups is 1. The summed E-state index contributed by atoms with van der Waals surface area (Å²) in [4.78, 5) is 14.9. The minimum atomic E-state index is 0.113. The van der Waals surface area contributed by atoms with Gasteiger partial charge in [-0.3, -0.25) is 4.79 Å². The highest BCUT2D eigenvalue weighted by Crippen LogP contribution is 2.59. The molecule has 2 aliphatic carbocycles. The number of allylic oxidation sites excluding steroid dienone is 2. The largest absolute Gasteiger partial charge is 0.354 e. The molecule has 2 atom stereocenters. The molecule has 2 fully saturated rings. The van der Waals surface area contributed by atoms with Crippen molar-refractivity contribution in [3.8, 4) is 0 Å². The van der Waals surface area contributed by atoms with E-state index in [4.69, 9.17) is 0 Å². The third-order valence-electron chi connectivity index (χ3n) is 5.78. The van der Waals surface area contributed by atoms with Gasteiger partial charge in [-0.15, -0.1) is 0 Å². The molecule has 0 unspecified atom stereocenters. The molecule has 0 saturated heterocycles. The minimum Gasteiger partial charge on any atom is -0.354 e. The second-order valence-corrected chi connectivity index (χ2v) is 8.11. The van der Waals surface area contributed by atoms with Crippen LogP contribution >= 0.6 is 0 Å². The molecule has 0 aromatic rings. The van der Waals surface area contributed by atoms with Gasteiger partial charge in [0.25, 0.3) is 0 Å². The summed E-state index contributed by atoms with van der Waals surface area (Å²) in [7, 11) is 4.29. The average molecular weight is 292 g/mol. The van der Waals surface area contributed by atoms with Gasteiger partial charge in [0.1, 0.15) is 0 Å². The number of nitrogens with zero attached hydrogens (tertiary/aromatic N) is 1. The summed E-state index contributed by atoms with van der Waals surface area (Å²) in [6, 6.07) is 0. The molecule has 21 heavy (non-hydrogen) atoms. The lowest BCUT2D eigenvalue weighted by atomic mass is 9.96. The maximum Gasteiger partial charge on any atom is 0.224 e. The first-order chi connectivity index (χ1) is 9.70. The first-order valence-corrected chi connectivity index (χ1v) is 8.31. The van der Waals surface area contributed by atoms with Crippen LogP contribution in [0.15, 0.2) is 11.6 Å². The predicted octanol–water partition coefficient (Wildman–Crippen LogP) is 3.22. The highest BCUT2D eigenvalue weighted by Gasteiger charge is 2.60. The Balaban J connectivity index is 1.95. The van der Waals surface area contributed by atoms with Crippen molar-refractivity contribution < 1.29 is 4.79 Å². The van der Waals surface area contributed by atoms with Gasteiger partial charge >= 0.3 is 0 Å². The van der Waals surface area contributed by atoms with Crippen LogP contribution in [0.25, 0.3) is 0 Å². The first-order valence-electron chi connectivity index (χ1n) is 8.31. The Morgan fingerprint density at radius 1 is 1.24 bits per heavy atom. The summed E-state index contributed by atoms with van der Waals surface area (Å²) >= 11 is 0. The maximum atomic E-state index is 12.6. The van der Waals surface area contributed by atoms with Crippen molar-refractivity contribution in [2.45, 2.75) is 58.9 Å². The zero-order valence-corrected chi connectivity index (χ0v) is 14.6. The fraction of sp³-hybridized carbons (Fsp3) is 0.833. The molecule has 0 bridgehead atoms. The SMILES string of the molecule is CC(C)=C[C@@H]1[C@@H](C(=O)NCC2(N(C)C)CCCC2)C1(C)C. The van der Waals surface area contributed by atoms with Crippen molar-refractivity contribution in [2.24, 2.45) is 17.3 Å². The normalized spacial score (nSPS) is 29.3. The summed E-state index contributed by atoms with van der Waals surface area (Å²) in [5, 5.41) is 3.26. The third kappa shape index (κ3) is 3.18. The molecule has 3 nitrogen and oxygen atoms in total. The number of hydrogen-bond acceptors (Lipinski definition) is 2. The van der Waals surface area contributed by atoms with Crippen molar-refractivity contribution in [1.29, 1.82) is 0 Å². The number of hydrogen-bond donors (Lipinski definition) is 1. The summed E-state index contributed by atoms with van der Waals surface area (Å²) in [5.41, 5.74) is 1.60. The van der Waals surface area contributed by atoms with E-state index >= 15 is 0 Å². The van der Waals surface area contributed by atoms with E-state index in [0.717, 1.165) is 6.54 Å². The molecule has 3 heteroatoms. The van der Waals surface area contributed by atoms with Crippen molar-refractivity contribution in [3.63, 3.8) is 0 Å². The van der Waals surface area contributed by atoms with E-state index in [2.05, 4.69) is 58.1 Å². The Morgan fingerprint density at radius 2 is 1.81 bits per heavy atom. The van der Waals surface area contributed by atoms with Gasteiger partial charge in [-0.05, 0) is 52.1 Å². The highest BCUT2D eigenvalue weighted by molar-refractivity contribution is 5.83. The van der Waals surface area contributed by atoms with Crippen LogP contribution in [0.1, 0.15) is 53.4 Å². The van der Waals surface area contributed by atoms with Crippen molar-refractivity contribution >= 4 is 5.91 Å². The van der Waals surface area contributed by atoms with Gasteiger partial charge in [-0.1, -0.05) is 38.3 Å². The van der Waals surface area contributed by atoms with Crippen molar-refractivity contribution in [2.75, 3.05) is 20.6 Å². The predicted molar refractivity (Wildman–Crippen MR) is 88.1 cm³/mol. The van der Waals surface area contributed by atoms with E-state index in [1.54, 1.807) is 0 Å². The summed E-state index contributed by atoms with van der Waals surface area (Å²) in [5.74, 6) is 0.796. The lowest BCUT2D eigenvalue weighted by Gasteiger charge is -2.36. The van der Waals surface area contributed by atoms with Crippen LogP contribution in [0.5, 0.6) is 0 Å². The lowest BCUT2D eigenvalue weighted by molar-refractivity contribution is -0.123. The number of carbonyl (C=O) groups excluding carboxylic acids is 1. The summed E-state index contributed by atoms with van der Waals surface area (Å²) in [6.45, 7) is 9.44. The smallest absolute Gasteiger partial charge is 0.224 e. The molecule has 1 N–H and O–H groups in total. The van der Waals surface area contributed by atoms with Crippen LogP contribution in [-0.4, -0.2) is 37.0 Å². The summed E-state index contributed by atoms with van der Waals surface area (Å²) < 4.78 is 0. The van der Waals surface area contributed by atoms with Crippen LogP contribution in [0.3, 0.4) is 0 Å².